The van der Waals surface area contributed by atoms with E-state index >= 15 is 0 Å². The van der Waals surface area contributed by atoms with Gasteiger partial charge in [0.25, 0.3) is 5.69 Å². The molecular formula is C12H17N3O3. The van der Waals surface area contributed by atoms with Crippen molar-refractivity contribution in [1.82, 2.24) is 4.98 Å². The van der Waals surface area contributed by atoms with Crippen LogP contribution >= 0.6 is 0 Å². The second kappa shape index (κ2) is 4.53. The molecule has 0 aromatic carbocycles. The Balaban J connectivity index is 2.13. The van der Waals surface area contributed by atoms with E-state index < -0.39 is 10.5 Å². The van der Waals surface area contributed by atoms with Gasteiger partial charge in [-0.3, -0.25) is 10.1 Å². The Labute approximate surface area is 105 Å². The highest BCUT2D eigenvalue weighted by Crippen LogP contribution is 2.31. The van der Waals surface area contributed by atoms with E-state index in [1.54, 1.807) is 6.92 Å². The highest BCUT2D eigenvalue weighted by molar-refractivity contribution is 5.53. The fraction of sp³-hybridized carbons (Fsp3) is 0.583. The summed E-state index contributed by atoms with van der Waals surface area (Å²) in [5, 5.41) is 20.9. The Kier molecular flexibility index (Phi) is 3.21. The van der Waals surface area contributed by atoms with E-state index in [2.05, 4.69) is 4.98 Å². The highest BCUT2D eigenvalue weighted by atomic mass is 16.6. The lowest BCUT2D eigenvalue weighted by Gasteiger charge is -2.47. The number of pyridine rings is 1. The Morgan fingerprint density at radius 3 is 2.83 bits per heavy atom. The molecule has 1 N–H and O–H groups in total. The zero-order chi connectivity index (χ0) is 13.3. The molecule has 6 heteroatoms. The fourth-order valence-corrected chi connectivity index (χ4v) is 2.32. The lowest BCUT2D eigenvalue weighted by molar-refractivity contribution is -0.385. The number of nitro groups is 1. The molecule has 0 atom stereocenters. The summed E-state index contributed by atoms with van der Waals surface area (Å²) in [6.07, 6.45) is 3.17. The minimum Gasteiger partial charge on any atom is -0.386 e. The molecule has 6 nitrogen and oxygen atoms in total. The molecule has 1 saturated heterocycles. The SMILES string of the molecule is CCCC1(O)CN(c2cc([N+](=O)[O-])c(C)cn2)C1. The molecule has 0 bridgehead atoms. The molecule has 1 aliphatic rings. The highest BCUT2D eigenvalue weighted by Gasteiger charge is 2.41. The van der Waals surface area contributed by atoms with Crippen molar-refractivity contribution < 1.29 is 10.0 Å². The Bertz CT molecular complexity index is 470. The van der Waals surface area contributed by atoms with E-state index in [-0.39, 0.29) is 5.69 Å². The van der Waals surface area contributed by atoms with Gasteiger partial charge < -0.3 is 10.0 Å². The molecule has 2 rings (SSSR count). The van der Waals surface area contributed by atoms with Gasteiger partial charge in [-0.25, -0.2) is 4.98 Å². The van der Waals surface area contributed by atoms with Crippen molar-refractivity contribution in [2.24, 2.45) is 0 Å². The molecular weight excluding hydrogens is 234 g/mol. The van der Waals surface area contributed by atoms with Crippen LogP contribution in [0, 0.1) is 17.0 Å². The molecule has 1 aliphatic heterocycles. The molecule has 2 heterocycles. The van der Waals surface area contributed by atoms with E-state index in [0.717, 1.165) is 12.8 Å². The second-order valence-corrected chi connectivity index (χ2v) is 4.92. The van der Waals surface area contributed by atoms with Gasteiger partial charge in [0.2, 0.25) is 0 Å². The largest absolute Gasteiger partial charge is 0.386 e. The number of nitrogens with zero attached hydrogens (tertiary/aromatic N) is 3. The molecule has 18 heavy (non-hydrogen) atoms. The molecule has 0 amide bonds. The van der Waals surface area contributed by atoms with E-state index in [0.29, 0.717) is 24.5 Å². The summed E-state index contributed by atoms with van der Waals surface area (Å²) in [5.74, 6) is 0.563. The second-order valence-electron chi connectivity index (χ2n) is 4.92. The minimum absolute atomic E-state index is 0.0749. The zero-order valence-corrected chi connectivity index (χ0v) is 10.6. The van der Waals surface area contributed by atoms with Gasteiger partial charge in [0.1, 0.15) is 5.82 Å². The molecule has 0 saturated carbocycles. The summed E-state index contributed by atoms with van der Waals surface area (Å²) in [7, 11) is 0. The third-order valence-corrected chi connectivity index (χ3v) is 3.27. The van der Waals surface area contributed by atoms with Gasteiger partial charge in [0, 0.05) is 24.8 Å². The van der Waals surface area contributed by atoms with Gasteiger partial charge in [-0.15, -0.1) is 0 Å². The molecule has 0 aliphatic carbocycles. The van der Waals surface area contributed by atoms with Crippen molar-refractivity contribution in [2.45, 2.75) is 32.3 Å². The molecule has 0 spiro atoms. The van der Waals surface area contributed by atoms with Crippen LogP contribution in [-0.4, -0.2) is 33.7 Å². The first-order valence-corrected chi connectivity index (χ1v) is 6.03. The van der Waals surface area contributed by atoms with E-state index in [1.807, 2.05) is 11.8 Å². The van der Waals surface area contributed by atoms with Gasteiger partial charge in [-0.2, -0.15) is 0 Å². The Hall–Kier alpha value is -1.69. The van der Waals surface area contributed by atoms with Crippen molar-refractivity contribution in [3.63, 3.8) is 0 Å². The molecule has 0 radical (unpaired) electrons. The van der Waals surface area contributed by atoms with Gasteiger partial charge >= 0.3 is 0 Å². The van der Waals surface area contributed by atoms with Crippen LogP contribution < -0.4 is 4.90 Å². The Morgan fingerprint density at radius 1 is 1.61 bits per heavy atom. The first-order valence-electron chi connectivity index (χ1n) is 6.03. The third kappa shape index (κ3) is 2.28. The fourth-order valence-electron chi connectivity index (χ4n) is 2.32. The molecule has 1 fully saturated rings. The van der Waals surface area contributed by atoms with Crippen molar-refractivity contribution in [1.29, 1.82) is 0 Å². The van der Waals surface area contributed by atoms with Gasteiger partial charge in [0.05, 0.1) is 16.6 Å². The smallest absolute Gasteiger partial charge is 0.277 e. The summed E-state index contributed by atoms with van der Waals surface area (Å²) in [6, 6.07) is 1.47. The maximum Gasteiger partial charge on any atom is 0.277 e. The first kappa shape index (κ1) is 12.8. The lowest BCUT2D eigenvalue weighted by atomic mass is 9.89. The number of rotatable bonds is 4. The Morgan fingerprint density at radius 2 is 2.28 bits per heavy atom. The quantitative estimate of drug-likeness (QED) is 0.650. The van der Waals surface area contributed by atoms with Gasteiger partial charge in [-0.1, -0.05) is 13.3 Å². The maximum absolute atomic E-state index is 10.8. The van der Waals surface area contributed by atoms with Gasteiger partial charge in [-0.05, 0) is 13.3 Å². The molecule has 0 unspecified atom stereocenters. The van der Waals surface area contributed by atoms with E-state index in [9.17, 15) is 15.2 Å². The van der Waals surface area contributed by atoms with Crippen molar-refractivity contribution in [3.8, 4) is 0 Å². The summed E-state index contributed by atoms with van der Waals surface area (Å²) in [4.78, 5) is 16.5. The van der Waals surface area contributed by atoms with Crippen LogP contribution in [0.15, 0.2) is 12.3 Å². The molecule has 1 aromatic heterocycles. The van der Waals surface area contributed by atoms with E-state index in [4.69, 9.17) is 0 Å². The topological polar surface area (TPSA) is 79.5 Å². The van der Waals surface area contributed by atoms with Crippen LogP contribution in [0.3, 0.4) is 0 Å². The van der Waals surface area contributed by atoms with Crippen molar-refractivity contribution >= 4 is 11.5 Å². The van der Waals surface area contributed by atoms with Crippen LogP contribution in [0.25, 0.3) is 0 Å². The number of aromatic nitrogens is 1. The summed E-state index contributed by atoms with van der Waals surface area (Å²) >= 11 is 0. The summed E-state index contributed by atoms with van der Waals surface area (Å²) < 4.78 is 0. The van der Waals surface area contributed by atoms with E-state index in [1.165, 1.54) is 12.3 Å². The van der Waals surface area contributed by atoms with Crippen LogP contribution in [0.2, 0.25) is 0 Å². The predicted molar refractivity (Wildman–Crippen MR) is 67.7 cm³/mol. The summed E-state index contributed by atoms with van der Waals surface area (Å²) in [6.45, 7) is 4.68. The number of anilines is 1. The first-order chi connectivity index (χ1) is 8.45. The number of aryl methyl sites for hydroxylation is 1. The predicted octanol–water partition coefficient (Wildman–Crippen LogP) is 1.65. The minimum atomic E-state index is -0.657. The van der Waals surface area contributed by atoms with Crippen LogP contribution in [-0.2, 0) is 0 Å². The number of β-amino-alcohol motifs (C(OH)–C–C–N with tert-alkyl or cyclic N) is 1. The number of hydrogen-bond donors (Lipinski definition) is 1. The van der Waals surface area contributed by atoms with Gasteiger partial charge in [0.15, 0.2) is 0 Å². The number of aliphatic hydroxyl groups is 1. The number of hydrogen-bond acceptors (Lipinski definition) is 5. The molecule has 1 aromatic rings. The lowest BCUT2D eigenvalue weighted by Crippen LogP contribution is -2.62. The monoisotopic (exact) mass is 251 g/mol. The van der Waals surface area contributed by atoms with Crippen LogP contribution in [0.1, 0.15) is 25.3 Å². The summed E-state index contributed by atoms with van der Waals surface area (Å²) in [5.41, 5.74) is -0.0326. The van der Waals surface area contributed by atoms with Crippen molar-refractivity contribution in [3.05, 3.63) is 27.9 Å². The van der Waals surface area contributed by atoms with Crippen LogP contribution in [0.4, 0.5) is 11.5 Å². The normalized spacial score (nSPS) is 17.4. The van der Waals surface area contributed by atoms with Crippen LogP contribution in [0.5, 0.6) is 0 Å². The standard InChI is InChI=1S/C12H17N3O3/c1-3-4-12(16)7-14(8-12)11-5-10(15(17)18)9(2)6-13-11/h5-6,16H,3-4,7-8H2,1-2H3. The average molecular weight is 251 g/mol. The third-order valence-electron chi connectivity index (χ3n) is 3.27. The average Bonchev–Trinajstić information content (AvgIpc) is 2.26. The molecule has 98 valence electrons. The maximum atomic E-state index is 10.8. The van der Waals surface area contributed by atoms with Crippen molar-refractivity contribution in [2.75, 3.05) is 18.0 Å². The zero-order valence-electron chi connectivity index (χ0n) is 10.6.